The van der Waals surface area contributed by atoms with E-state index >= 15 is 0 Å². The minimum atomic E-state index is 0.878. The number of aromatic nitrogens is 6. The van der Waals surface area contributed by atoms with Crippen LogP contribution in [0.3, 0.4) is 0 Å². The van der Waals surface area contributed by atoms with Crippen molar-refractivity contribution in [3.05, 3.63) is 30.9 Å². The SMILES string of the molecule is c1cc(-n2cnn3nccc23)[nH]n1. The number of hydrogen-bond acceptors (Lipinski definition) is 3. The van der Waals surface area contributed by atoms with E-state index in [9.17, 15) is 0 Å². The van der Waals surface area contributed by atoms with Crippen molar-refractivity contribution in [3.8, 4) is 5.82 Å². The van der Waals surface area contributed by atoms with Gasteiger partial charge < -0.3 is 0 Å². The zero-order chi connectivity index (χ0) is 8.67. The second-order valence-electron chi connectivity index (χ2n) is 2.62. The van der Waals surface area contributed by atoms with E-state index in [-0.39, 0.29) is 0 Å². The summed E-state index contributed by atoms with van der Waals surface area (Å²) < 4.78 is 3.43. The van der Waals surface area contributed by atoms with Crippen LogP contribution in [0, 0.1) is 0 Å². The predicted molar refractivity (Wildman–Crippen MR) is 44.5 cm³/mol. The molecule has 6 heteroatoms. The number of hydrogen-bond donors (Lipinski definition) is 1. The molecule has 3 aromatic rings. The zero-order valence-electron chi connectivity index (χ0n) is 6.62. The van der Waals surface area contributed by atoms with E-state index in [1.165, 1.54) is 0 Å². The number of nitrogens with one attached hydrogen (secondary N) is 1. The first-order valence-corrected chi connectivity index (χ1v) is 3.82. The highest BCUT2D eigenvalue weighted by molar-refractivity contribution is 5.43. The van der Waals surface area contributed by atoms with Crippen LogP contribution in [0.1, 0.15) is 0 Å². The molecule has 0 aliphatic rings. The zero-order valence-corrected chi connectivity index (χ0v) is 6.62. The Morgan fingerprint density at radius 1 is 1.15 bits per heavy atom. The van der Waals surface area contributed by atoms with E-state index in [1.54, 1.807) is 23.4 Å². The van der Waals surface area contributed by atoms with Gasteiger partial charge in [0.1, 0.15) is 12.1 Å². The monoisotopic (exact) mass is 174 g/mol. The molecule has 3 rings (SSSR count). The topological polar surface area (TPSA) is 63.8 Å². The molecule has 6 nitrogen and oxygen atoms in total. The largest absolute Gasteiger partial charge is 0.266 e. The van der Waals surface area contributed by atoms with Crippen molar-refractivity contribution in [3.63, 3.8) is 0 Å². The van der Waals surface area contributed by atoms with Gasteiger partial charge in [-0.2, -0.15) is 10.2 Å². The number of aromatic amines is 1. The van der Waals surface area contributed by atoms with Gasteiger partial charge in [0.15, 0.2) is 5.65 Å². The summed E-state index contributed by atoms with van der Waals surface area (Å²) in [5.74, 6) is 0.878. The van der Waals surface area contributed by atoms with Crippen LogP contribution in [0.4, 0.5) is 0 Å². The van der Waals surface area contributed by atoms with Crippen molar-refractivity contribution in [1.82, 2.24) is 29.6 Å². The minimum absolute atomic E-state index is 0.878. The maximum atomic E-state index is 4.06. The second kappa shape index (κ2) is 2.19. The molecule has 0 amide bonds. The normalized spacial score (nSPS) is 11.1. The van der Waals surface area contributed by atoms with Crippen molar-refractivity contribution in [2.24, 2.45) is 0 Å². The molecule has 0 bridgehead atoms. The molecule has 0 saturated carbocycles. The van der Waals surface area contributed by atoms with Crippen LogP contribution in [0.5, 0.6) is 0 Å². The quantitative estimate of drug-likeness (QED) is 0.574. The summed E-state index contributed by atoms with van der Waals surface area (Å²) in [4.78, 5) is 0. The van der Waals surface area contributed by atoms with E-state index in [0.29, 0.717) is 0 Å². The maximum Gasteiger partial charge on any atom is 0.163 e. The van der Waals surface area contributed by atoms with Gasteiger partial charge in [0.2, 0.25) is 0 Å². The van der Waals surface area contributed by atoms with Crippen molar-refractivity contribution in [2.75, 3.05) is 0 Å². The minimum Gasteiger partial charge on any atom is -0.266 e. The predicted octanol–water partition coefficient (Wildman–Crippen LogP) is 0.243. The van der Waals surface area contributed by atoms with E-state index in [4.69, 9.17) is 0 Å². The molecule has 0 spiro atoms. The van der Waals surface area contributed by atoms with Gasteiger partial charge in [0.25, 0.3) is 0 Å². The maximum absolute atomic E-state index is 4.06. The molecule has 0 radical (unpaired) electrons. The molecule has 0 saturated heterocycles. The van der Waals surface area contributed by atoms with Gasteiger partial charge in [-0.1, -0.05) is 0 Å². The Labute approximate surface area is 72.8 Å². The summed E-state index contributed by atoms with van der Waals surface area (Å²) in [6.07, 6.45) is 5.09. The van der Waals surface area contributed by atoms with Crippen LogP contribution in [0.2, 0.25) is 0 Å². The Morgan fingerprint density at radius 3 is 3.00 bits per heavy atom. The molecule has 0 aliphatic heterocycles. The van der Waals surface area contributed by atoms with Gasteiger partial charge in [0.05, 0.1) is 12.4 Å². The van der Waals surface area contributed by atoms with Crippen LogP contribution in [0.25, 0.3) is 11.5 Å². The van der Waals surface area contributed by atoms with E-state index in [1.807, 2.05) is 16.7 Å². The van der Waals surface area contributed by atoms with Crippen LogP contribution in [0.15, 0.2) is 30.9 Å². The fourth-order valence-electron chi connectivity index (χ4n) is 1.28. The average Bonchev–Trinajstić information content (AvgIpc) is 2.79. The summed E-state index contributed by atoms with van der Waals surface area (Å²) in [7, 11) is 0. The van der Waals surface area contributed by atoms with Crippen LogP contribution in [-0.2, 0) is 0 Å². The first-order valence-electron chi connectivity index (χ1n) is 3.82. The standard InChI is InChI=1S/C7H6N6/c1-3-8-11-6(1)12-5-10-13-7(12)2-4-9-13/h1-5H,(H,8,11). The third kappa shape index (κ3) is 0.792. The Balaban J connectivity index is 2.33. The van der Waals surface area contributed by atoms with E-state index in [2.05, 4.69) is 20.4 Å². The molecule has 0 aromatic carbocycles. The number of rotatable bonds is 1. The molecule has 3 heterocycles. The molecule has 0 aliphatic carbocycles. The average molecular weight is 174 g/mol. The molecule has 64 valence electrons. The van der Waals surface area contributed by atoms with E-state index in [0.717, 1.165) is 11.5 Å². The molecule has 1 N–H and O–H groups in total. The van der Waals surface area contributed by atoms with Crippen molar-refractivity contribution in [2.45, 2.75) is 0 Å². The molecule has 0 atom stereocenters. The van der Waals surface area contributed by atoms with Crippen LogP contribution < -0.4 is 0 Å². The number of nitrogens with zero attached hydrogens (tertiary/aromatic N) is 5. The summed E-state index contributed by atoms with van der Waals surface area (Å²) in [6.45, 7) is 0. The van der Waals surface area contributed by atoms with Gasteiger partial charge in [-0.25, -0.2) is 0 Å². The first-order chi connectivity index (χ1) is 6.45. The van der Waals surface area contributed by atoms with Gasteiger partial charge in [0, 0.05) is 12.1 Å². The lowest BCUT2D eigenvalue weighted by Gasteiger charge is -1.94. The molecule has 3 aromatic heterocycles. The fourth-order valence-corrected chi connectivity index (χ4v) is 1.28. The highest BCUT2D eigenvalue weighted by atomic mass is 15.5. The first kappa shape index (κ1) is 6.41. The molecule has 0 unspecified atom stereocenters. The third-order valence-electron chi connectivity index (χ3n) is 1.87. The summed E-state index contributed by atoms with van der Waals surface area (Å²) >= 11 is 0. The second-order valence-corrected chi connectivity index (χ2v) is 2.62. The summed E-state index contributed by atoms with van der Waals surface area (Å²) in [5, 5.41) is 14.8. The Bertz CT molecular complexity index is 516. The molecular weight excluding hydrogens is 168 g/mol. The van der Waals surface area contributed by atoms with E-state index < -0.39 is 0 Å². The van der Waals surface area contributed by atoms with Gasteiger partial charge in [-0.3, -0.25) is 9.67 Å². The van der Waals surface area contributed by atoms with Crippen LogP contribution in [-0.4, -0.2) is 29.6 Å². The molecule has 0 fully saturated rings. The lowest BCUT2D eigenvalue weighted by Crippen LogP contribution is -1.92. The lowest BCUT2D eigenvalue weighted by molar-refractivity contribution is 0.821. The smallest absolute Gasteiger partial charge is 0.163 e. The van der Waals surface area contributed by atoms with Crippen LogP contribution >= 0.6 is 0 Å². The van der Waals surface area contributed by atoms with Gasteiger partial charge in [-0.15, -0.1) is 9.73 Å². The lowest BCUT2D eigenvalue weighted by atomic mass is 10.6. The fraction of sp³-hybridized carbons (Fsp3) is 0. The third-order valence-corrected chi connectivity index (χ3v) is 1.87. The van der Waals surface area contributed by atoms with Gasteiger partial charge in [-0.05, 0) is 0 Å². The highest BCUT2D eigenvalue weighted by Crippen LogP contribution is 2.07. The Kier molecular flexibility index (Phi) is 1.08. The van der Waals surface area contributed by atoms with Crippen molar-refractivity contribution < 1.29 is 0 Å². The summed E-state index contributed by atoms with van der Waals surface area (Å²) in [5.41, 5.74) is 0.907. The number of H-pyrrole nitrogens is 1. The van der Waals surface area contributed by atoms with Gasteiger partial charge >= 0.3 is 0 Å². The summed E-state index contributed by atoms with van der Waals surface area (Å²) in [6, 6.07) is 3.75. The number of fused-ring (bicyclic) bond motifs is 1. The Hall–Kier alpha value is -2.11. The molecule has 13 heavy (non-hydrogen) atoms. The van der Waals surface area contributed by atoms with Crippen molar-refractivity contribution >= 4 is 5.65 Å². The highest BCUT2D eigenvalue weighted by Gasteiger charge is 2.04. The molecular formula is C7H6N6. The Morgan fingerprint density at radius 2 is 2.15 bits per heavy atom. The van der Waals surface area contributed by atoms with Crippen molar-refractivity contribution in [1.29, 1.82) is 0 Å².